The topological polar surface area (TPSA) is 151 Å². The smallest absolute Gasteiger partial charge is 0.259 e. The van der Waals surface area contributed by atoms with Crippen molar-refractivity contribution in [1.29, 1.82) is 0 Å². The highest BCUT2D eigenvalue weighted by Gasteiger charge is 2.19. The summed E-state index contributed by atoms with van der Waals surface area (Å²) in [6.07, 6.45) is 2.25. The summed E-state index contributed by atoms with van der Waals surface area (Å²) in [5.74, 6) is -1.29. The SMILES string of the molecule is C=CC(=O)Nc1cccc(NC(=O)c2cc3ccccc3c(N=Nc3cc(OC)c(NC(=O)C=C)cc3OC)c2O)c1. The van der Waals surface area contributed by atoms with Crippen molar-refractivity contribution in [1.82, 2.24) is 0 Å². The van der Waals surface area contributed by atoms with Crippen LogP contribution in [0.15, 0.2) is 102 Å². The molecule has 3 amide bonds. The number of ether oxygens (including phenoxy) is 2. The van der Waals surface area contributed by atoms with Crippen molar-refractivity contribution < 1.29 is 29.0 Å². The number of phenolic OH excluding ortho intramolecular Hbond substituents is 1. The minimum Gasteiger partial charge on any atom is -0.505 e. The van der Waals surface area contributed by atoms with Crippen molar-refractivity contribution in [2.75, 3.05) is 30.2 Å². The Morgan fingerprint density at radius 1 is 0.786 bits per heavy atom. The minimum absolute atomic E-state index is 0.0461. The molecule has 42 heavy (non-hydrogen) atoms. The summed E-state index contributed by atoms with van der Waals surface area (Å²) in [7, 11) is 2.85. The Morgan fingerprint density at radius 3 is 2.14 bits per heavy atom. The van der Waals surface area contributed by atoms with Gasteiger partial charge < -0.3 is 30.5 Å². The first-order valence-corrected chi connectivity index (χ1v) is 12.5. The van der Waals surface area contributed by atoms with Gasteiger partial charge in [-0.2, -0.15) is 0 Å². The molecular weight excluding hydrogens is 538 g/mol. The van der Waals surface area contributed by atoms with Crippen LogP contribution in [0, 0.1) is 0 Å². The van der Waals surface area contributed by atoms with E-state index in [1.54, 1.807) is 54.6 Å². The molecule has 0 aliphatic carbocycles. The molecule has 11 nitrogen and oxygen atoms in total. The van der Waals surface area contributed by atoms with Crippen molar-refractivity contribution in [3.05, 3.63) is 97.6 Å². The maximum absolute atomic E-state index is 13.3. The number of carbonyl (C=O) groups excluding carboxylic acids is 3. The van der Waals surface area contributed by atoms with Crippen LogP contribution in [0.4, 0.5) is 28.4 Å². The average Bonchev–Trinajstić information content (AvgIpc) is 3.00. The number of hydrogen-bond donors (Lipinski definition) is 4. The third-order valence-corrected chi connectivity index (χ3v) is 6.02. The summed E-state index contributed by atoms with van der Waals surface area (Å²) >= 11 is 0. The van der Waals surface area contributed by atoms with Gasteiger partial charge in [-0.15, -0.1) is 10.2 Å². The summed E-state index contributed by atoms with van der Waals surface area (Å²) < 4.78 is 10.8. The molecule has 4 aromatic rings. The standard InChI is InChI=1S/C31H27N5O6/c1-5-27(37)32-19-11-9-12-20(15-19)33-31(40)22-14-18-10-7-8-13-21(18)29(30(22)39)36-35-24-17-25(41-3)23(16-26(24)42-4)34-28(38)6-2/h5-17,39H,1-2H2,3-4H3,(H,32,37)(H,33,40)(H,34,38). The van der Waals surface area contributed by atoms with Crippen molar-refractivity contribution in [3.8, 4) is 17.2 Å². The summed E-state index contributed by atoms with van der Waals surface area (Å²) in [6, 6.07) is 18.2. The summed E-state index contributed by atoms with van der Waals surface area (Å²) in [5, 5.41) is 29.0. The number of benzene rings is 4. The number of aromatic hydroxyl groups is 1. The number of nitrogens with one attached hydrogen (secondary N) is 3. The lowest BCUT2D eigenvalue weighted by molar-refractivity contribution is -0.112. The third kappa shape index (κ3) is 6.42. The van der Waals surface area contributed by atoms with Crippen LogP contribution in [0.2, 0.25) is 0 Å². The maximum Gasteiger partial charge on any atom is 0.259 e. The van der Waals surface area contributed by atoms with Crippen molar-refractivity contribution in [2.24, 2.45) is 10.2 Å². The van der Waals surface area contributed by atoms with Gasteiger partial charge >= 0.3 is 0 Å². The molecule has 0 radical (unpaired) electrons. The Balaban J connectivity index is 1.73. The fourth-order valence-corrected chi connectivity index (χ4v) is 4.00. The van der Waals surface area contributed by atoms with Gasteiger partial charge in [0.05, 0.1) is 25.5 Å². The molecule has 0 saturated carbocycles. The molecular formula is C31H27N5O6. The first-order valence-electron chi connectivity index (χ1n) is 12.5. The average molecular weight is 566 g/mol. The molecule has 0 aliphatic rings. The first kappa shape index (κ1) is 29.0. The summed E-state index contributed by atoms with van der Waals surface area (Å²) in [4.78, 5) is 36.8. The Labute approximate surface area is 241 Å². The number of rotatable bonds is 10. The molecule has 0 spiro atoms. The van der Waals surface area contributed by atoms with E-state index in [-0.39, 0.29) is 28.4 Å². The van der Waals surface area contributed by atoms with Crippen molar-refractivity contribution >= 4 is 56.9 Å². The fourth-order valence-electron chi connectivity index (χ4n) is 4.00. The maximum atomic E-state index is 13.3. The van der Waals surface area contributed by atoms with Gasteiger partial charge in [-0.1, -0.05) is 43.5 Å². The van der Waals surface area contributed by atoms with Gasteiger partial charge in [-0.05, 0) is 41.8 Å². The van der Waals surface area contributed by atoms with Gasteiger partial charge in [0.15, 0.2) is 5.75 Å². The number of carbonyl (C=O) groups is 3. The second-order valence-electron chi connectivity index (χ2n) is 8.69. The molecule has 0 bridgehead atoms. The van der Waals surface area contributed by atoms with Crippen LogP contribution in [0.5, 0.6) is 17.2 Å². The number of methoxy groups -OCH3 is 2. The van der Waals surface area contributed by atoms with E-state index in [2.05, 4.69) is 39.3 Å². The second-order valence-corrected chi connectivity index (χ2v) is 8.69. The third-order valence-electron chi connectivity index (χ3n) is 6.02. The highest BCUT2D eigenvalue weighted by Crippen LogP contribution is 2.42. The Morgan fingerprint density at radius 2 is 1.45 bits per heavy atom. The monoisotopic (exact) mass is 565 g/mol. The van der Waals surface area contributed by atoms with E-state index in [1.165, 1.54) is 26.4 Å². The molecule has 0 heterocycles. The van der Waals surface area contributed by atoms with Crippen LogP contribution >= 0.6 is 0 Å². The van der Waals surface area contributed by atoms with Gasteiger partial charge in [0.25, 0.3) is 5.91 Å². The summed E-state index contributed by atoms with van der Waals surface area (Å²) in [6.45, 7) is 6.86. The van der Waals surface area contributed by atoms with E-state index < -0.39 is 23.5 Å². The van der Waals surface area contributed by atoms with E-state index in [1.807, 2.05) is 0 Å². The molecule has 0 unspecified atom stereocenters. The molecule has 4 aromatic carbocycles. The van der Waals surface area contributed by atoms with Crippen molar-refractivity contribution in [3.63, 3.8) is 0 Å². The van der Waals surface area contributed by atoms with E-state index in [0.29, 0.717) is 27.8 Å². The highest BCUT2D eigenvalue weighted by atomic mass is 16.5. The zero-order valence-electron chi connectivity index (χ0n) is 22.8. The van der Waals surface area contributed by atoms with Gasteiger partial charge in [0.2, 0.25) is 11.8 Å². The zero-order chi connectivity index (χ0) is 30.2. The quantitative estimate of drug-likeness (QED) is 0.128. The zero-order valence-corrected chi connectivity index (χ0v) is 22.8. The van der Waals surface area contributed by atoms with Crippen LogP contribution in [0.3, 0.4) is 0 Å². The number of anilines is 3. The van der Waals surface area contributed by atoms with E-state index in [4.69, 9.17) is 9.47 Å². The summed E-state index contributed by atoms with van der Waals surface area (Å²) in [5.41, 5.74) is 1.42. The Bertz CT molecular complexity index is 1750. The van der Waals surface area contributed by atoms with Gasteiger partial charge in [0, 0.05) is 28.9 Å². The highest BCUT2D eigenvalue weighted by molar-refractivity contribution is 6.12. The predicted molar refractivity (Wildman–Crippen MR) is 161 cm³/mol. The van der Waals surface area contributed by atoms with Crippen LogP contribution in [-0.4, -0.2) is 37.0 Å². The fraction of sp³-hybridized carbons (Fsp3) is 0.0645. The van der Waals surface area contributed by atoms with Crippen molar-refractivity contribution in [2.45, 2.75) is 0 Å². The van der Waals surface area contributed by atoms with Crippen LogP contribution in [0.25, 0.3) is 10.8 Å². The number of hydrogen-bond acceptors (Lipinski definition) is 8. The number of nitrogens with zero attached hydrogens (tertiary/aromatic N) is 2. The molecule has 4 rings (SSSR count). The molecule has 4 N–H and O–H groups in total. The molecule has 0 fully saturated rings. The molecule has 0 aromatic heterocycles. The predicted octanol–water partition coefficient (Wildman–Crippen LogP) is 6.48. The number of phenols is 1. The number of fused-ring (bicyclic) bond motifs is 1. The molecule has 0 saturated heterocycles. The lowest BCUT2D eigenvalue weighted by Crippen LogP contribution is -2.13. The van der Waals surface area contributed by atoms with Gasteiger partial charge in [0.1, 0.15) is 22.9 Å². The molecule has 11 heteroatoms. The van der Waals surface area contributed by atoms with Crippen LogP contribution in [0.1, 0.15) is 10.4 Å². The van der Waals surface area contributed by atoms with Gasteiger partial charge in [-0.25, -0.2) is 0 Å². The van der Waals surface area contributed by atoms with E-state index in [9.17, 15) is 19.5 Å². The van der Waals surface area contributed by atoms with Crippen LogP contribution < -0.4 is 25.4 Å². The number of amides is 3. The van der Waals surface area contributed by atoms with E-state index in [0.717, 1.165) is 12.2 Å². The lowest BCUT2D eigenvalue weighted by atomic mass is 10.0. The van der Waals surface area contributed by atoms with Crippen LogP contribution in [-0.2, 0) is 9.59 Å². The Kier molecular flexibility index (Phi) is 8.93. The largest absolute Gasteiger partial charge is 0.505 e. The Hall–Kier alpha value is -5.97. The molecule has 0 atom stereocenters. The normalized spacial score (nSPS) is 10.6. The molecule has 0 aliphatic heterocycles. The van der Waals surface area contributed by atoms with Gasteiger partial charge in [-0.3, -0.25) is 14.4 Å². The minimum atomic E-state index is -0.608. The number of azo groups is 1. The lowest BCUT2D eigenvalue weighted by Gasteiger charge is -2.13. The van der Waals surface area contributed by atoms with E-state index >= 15 is 0 Å². The molecule has 212 valence electrons. The first-order chi connectivity index (χ1) is 20.3. The second kappa shape index (κ2) is 12.9.